The quantitative estimate of drug-likeness (QED) is 0.422. The Balaban J connectivity index is 0.000000273. The van der Waals surface area contributed by atoms with Gasteiger partial charge in [-0.3, -0.25) is 24.1 Å². The van der Waals surface area contributed by atoms with Gasteiger partial charge in [-0.1, -0.05) is 6.58 Å². The Hall–Kier alpha value is -3.11. The first kappa shape index (κ1) is 37.9. The molecule has 5 aliphatic rings. The average molecular weight is 607 g/mol. The lowest BCUT2D eigenvalue weighted by molar-refractivity contribution is -0.139. The summed E-state index contributed by atoms with van der Waals surface area (Å²) in [5, 5.41) is 2.66. The third kappa shape index (κ3) is 9.44. The van der Waals surface area contributed by atoms with Crippen LogP contribution < -0.4 is 5.32 Å². The molecule has 0 spiro atoms. The van der Waals surface area contributed by atoms with Gasteiger partial charge >= 0.3 is 6.03 Å². The van der Waals surface area contributed by atoms with Gasteiger partial charge in [-0.05, 0) is 74.1 Å². The predicted molar refractivity (Wildman–Crippen MR) is 170 cm³/mol. The third-order valence-corrected chi connectivity index (χ3v) is 9.86. The molecular weight excluding hydrogens is 548 g/mol. The Morgan fingerprint density at radius 3 is 1.40 bits per heavy atom. The maximum absolute atomic E-state index is 11.6. The highest BCUT2D eigenvalue weighted by molar-refractivity contribution is 6.08. The zero-order chi connectivity index (χ0) is 33.5. The van der Waals surface area contributed by atoms with Crippen molar-refractivity contribution in [2.75, 3.05) is 54.9 Å². The molecular formula is C32H58N6O5. The lowest BCUT2D eigenvalue weighted by Crippen LogP contribution is -2.35. The van der Waals surface area contributed by atoms with E-state index in [1.54, 1.807) is 28.8 Å². The van der Waals surface area contributed by atoms with Gasteiger partial charge in [-0.25, -0.2) is 4.79 Å². The number of rotatable bonds is 0. The van der Waals surface area contributed by atoms with Crippen LogP contribution in [0.2, 0.25) is 0 Å². The molecule has 1 atom stereocenters. The monoisotopic (exact) mass is 606 g/mol. The predicted octanol–water partition coefficient (Wildman–Crippen LogP) is 3.55. The molecule has 246 valence electrons. The summed E-state index contributed by atoms with van der Waals surface area (Å²) in [5.41, 5.74) is 0.495. The number of amides is 6. The van der Waals surface area contributed by atoms with Gasteiger partial charge in [-0.2, -0.15) is 0 Å². The number of likely N-dealkylation sites (N-methyl/N-ethyl adjacent to an activating group) is 1. The van der Waals surface area contributed by atoms with Crippen molar-refractivity contribution in [1.82, 2.24) is 29.8 Å². The molecule has 6 amide bonds. The van der Waals surface area contributed by atoms with Crippen molar-refractivity contribution in [2.45, 2.75) is 98.6 Å². The van der Waals surface area contributed by atoms with Gasteiger partial charge in [0, 0.05) is 85.0 Å². The number of nitrogens with zero attached hydrogens (tertiary/aromatic N) is 5. The van der Waals surface area contributed by atoms with Crippen LogP contribution in [-0.4, -0.2) is 121 Å². The smallest absolute Gasteiger partial charge is 0.317 e. The van der Waals surface area contributed by atoms with E-state index in [-0.39, 0.29) is 23.8 Å². The number of hydrogen-bond donors (Lipinski definition) is 1. The SMILES string of the molecule is C=C1CCC(C)(C)N1C.CC1CCC(=O)N1C.CN1C(=O)C(C)(C)C(C)(C)C1=O.CN1CCCC1=O.CN1CCNC1=O. The molecule has 0 aromatic rings. The highest BCUT2D eigenvalue weighted by atomic mass is 16.2. The number of allylic oxidation sites excluding steroid dienone is 1. The number of hydrogen-bond acceptors (Lipinski definition) is 6. The van der Waals surface area contributed by atoms with Crippen LogP contribution in [0.15, 0.2) is 12.3 Å². The lowest BCUT2D eigenvalue weighted by atomic mass is 9.70. The Bertz CT molecular complexity index is 1000. The maximum atomic E-state index is 11.6. The van der Waals surface area contributed by atoms with E-state index in [9.17, 15) is 24.0 Å². The molecule has 5 fully saturated rings. The van der Waals surface area contributed by atoms with E-state index in [0.29, 0.717) is 17.5 Å². The minimum atomic E-state index is -0.571. The molecule has 43 heavy (non-hydrogen) atoms. The summed E-state index contributed by atoms with van der Waals surface area (Å²) in [5.74, 6) is 0.410. The van der Waals surface area contributed by atoms with Crippen molar-refractivity contribution in [3.63, 3.8) is 0 Å². The van der Waals surface area contributed by atoms with E-state index in [2.05, 4.69) is 44.6 Å². The Morgan fingerprint density at radius 2 is 1.28 bits per heavy atom. The molecule has 5 rings (SSSR count). The number of urea groups is 1. The van der Waals surface area contributed by atoms with Crippen LogP contribution in [0, 0.1) is 10.8 Å². The van der Waals surface area contributed by atoms with E-state index < -0.39 is 10.8 Å². The minimum Gasteiger partial charge on any atom is -0.373 e. The van der Waals surface area contributed by atoms with Crippen molar-refractivity contribution in [2.24, 2.45) is 10.8 Å². The first-order valence-electron chi connectivity index (χ1n) is 15.3. The van der Waals surface area contributed by atoms with Crippen molar-refractivity contribution < 1.29 is 24.0 Å². The highest BCUT2D eigenvalue weighted by Crippen LogP contribution is 2.46. The standard InChI is InChI=1S/C9H15NO2.C8H15N.C6H11NO.C5H9NO.C4H8N2O/c1-8(2)6(11)10(5)7(12)9(8,3)4;1-7-5-6-8(2,3)9(7)4;1-5-3-4-6(8)7(5)2;1-6-4-2-3-5(6)7;1-6-3-2-5-4(6)7/h1-5H3;1,5-6H2,2-4H3;5H,3-4H2,1-2H3;2-4H2,1H3;2-3H2,1H3,(H,5,7). The second-order valence-electron chi connectivity index (χ2n) is 13.8. The molecule has 1 unspecified atom stereocenters. The summed E-state index contributed by atoms with van der Waals surface area (Å²) in [6, 6.07) is 0.516. The van der Waals surface area contributed by atoms with E-state index >= 15 is 0 Å². The fourth-order valence-corrected chi connectivity index (χ4v) is 4.98. The van der Waals surface area contributed by atoms with Crippen LogP contribution in [-0.2, 0) is 19.2 Å². The fraction of sp³-hybridized carbons (Fsp3) is 0.781. The van der Waals surface area contributed by atoms with Crippen LogP contribution in [0.3, 0.4) is 0 Å². The summed E-state index contributed by atoms with van der Waals surface area (Å²) >= 11 is 0. The van der Waals surface area contributed by atoms with Crippen molar-refractivity contribution in [1.29, 1.82) is 0 Å². The largest absolute Gasteiger partial charge is 0.373 e. The van der Waals surface area contributed by atoms with Gasteiger partial charge < -0.3 is 24.9 Å². The molecule has 5 aliphatic heterocycles. The van der Waals surface area contributed by atoms with Crippen molar-refractivity contribution in [3.05, 3.63) is 12.3 Å². The van der Waals surface area contributed by atoms with Crippen molar-refractivity contribution >= 4 is 29.7 Å². The zero-order valence-corrected chi connectivity index (χ0v) is 28.9. The lowest BCUT2D eigenvalue weighted by Gasteiger charge is -2.29. The Labute approximate surface area is 260 Å². The van der Waals surface area contributed by atoms with E-state index in [0.717, 1.165) is 45.3 Å². The summed E-state index contributed by atoms with van der Waals surface area (Å²) in [6.45, 7) is 20.4. The molecule has 11 heteroatoms. The first-order chi connectivity index (χ1) is 19.6. The topological polar surface area (TPSA) is 114 Å². The summed E-state index contributed by atoms with van der Waals surface area (Å²) < 4.78 is 0. The van der Waals surface area contributed by atoms with E-state index in [1.807, 2.05) is 41.8 Å². The van der Waals surface area contributed by atoms with Crippen LogP contribution in [0.1, 0.15) is 87.0 Å². The molecule has 0 aromatic heterocycles. The fourth-order valence-electron chi connectivity index (χ4n) is 4.98. The summed E-state index contributed by atoms with van der Waals surface area (Å²) in [4.78, 5) is 63.4. The number of carbonyl (C=O) groups excluding carboxylic acids is 5. The number of carbonyl (C=O) groups is 5. The number of imide groups is 1. The zero-order valence-electron chi connectivity index (χ0n) is 28.9. The van der Waals surface area contributed by atoms with E-state index in [4.69, 9.17) is 0 Å². The molecule has 11 nitrogen and oxygen atoms in total. The first-order valence-corrected chi connectivity index (χ1v) is 15.3. The van der Waals surface area contributed by atoms with Gasteiger partial charge in [0.1, 0.15) is 0 Å². The third-order valence-electron chi connectivity index (χ3n) is 9.86. The Morgan fingerprint density at radius 1 is 0.744 bits per heavy atom. The van der Waals surface area contributed by atoms with Crippen LogP contribution >= 0.6 is 0 Å². The van der Waals surface area contributed by atoms with Crippen LogP contribution in [0.25, 0.3) is 0 Å². The summed E-state index contributed by atoms with van der Waals surface area (Å²) in [6.07, 6.45) is 6.02. The minimum absolute atomic E-state index is 0.0417. The average Bonchev–Trinajstić information content (AvgIpc) is 3.68. The molecule has 5 heterocycles. The second kappa shape index (κ2) is 15.1. The molecule has 0 bridgehead atoms. The van der Waals surface area contributed by atoms with Crippen LogP contribution in [0.5, 0.6) is 0 Å². The number of nitrogens with one attached hydrogen (secondary N) is 1. The summed E-state index contributed by atoms with van der Waals surface area (Å²) in [7, 11) is 9.15. The second-order valence-corrected chi connectivity index (χ2v) is 13.8. The van der Waals surface area contributed by atoms with Gasteiger partial charge in [0.25, 0.3) is 0 Å². The van der Waals surface area contributed by atoms with Gasteiger partial charge in [-0.15, -0.1) is 0 Å². The van der Waals surface area contributed by atoms with Gasteiger partial charge in [0.05, 0.1) is 10.8 Å². The molecule has 0 aromatic carbocycles. The molecule has 1 N–H and O–H groups in total. The molecule has 0 saturated carbocycles. The van der Waals surface area contributed by atoms with Crippen molar-refractivity contribution in [3.8, 4) is 0 Å². The van der Waals surface area contributed by atoms with Crippen LogP contribution in [0.4, 0.5) is 4.79 Å². The Kier molecular flexibility index (Phi) is 13.3. The molecule has 0 aliphatic carbocycles. The highest BCUT2D eigenvalue weighted by Gasteiger charge is 2.57. The van der Waals surface area contributed by atoms with E-state index in [1.165, 1.54) is 23.4 Å². The normalized spacial score (nSPS) is 24.9. The molecule has 5 saturated heterocycles. The number of likely N-dealkylation sites (tertiary alicyclic amines) is 4. The van der Waals surface area contributed by atoms with Gasteiger partial charge in [0.2, 0.25) is 23.6 Å². The van der Waals surface area contributed by atoms with Gasteiger partial charge in [0.15, 0.2) is 0 Å². The maximum Gasteiger partial charge on any atom is 0.317 e. The molecule has 0 radical (unpaired) electrons.